The van der Waals surface area contributed by atoms with Crippen LogP contribution in [0.3, 0.4) is 0 Å². The van der Waals surface area contributed by atoms with Crippen LogP contribution < -0.4 is 16.0 Å². The van der Waals surface area contributed by atoms with E-state index in [-0.39, 0.29) is 24.8 Å². The molecule has 2 amide bonds. The number of nitrogens with zero attached hydrogens (tertiary/aromatic N) is 3. The fourth-order valence-corrected chi connectivity index (χ4v) is 3.67. The van der Waals surface area contributed by atoms with E-state index in [1.54, 1.807) is 17.0 Å². The summed E-state index contributed by atoms with van der Waals surface area (Å²) in [5.74, 6) is -0.841. The van der Waals surface area contributed by atoms with Crippen LogP contribution in [0.5, 0.6) is 0 Å². The number of oxazole rings is 1. The van der Waals surface area contributed by atoms with Gasteiger partial charge in [0.2, 0.25) is 5.91 Å². The monoisotopic (exact) mass is 446 g/mol. The molecule has 10 nitrogen and oxygen atoms in total. The lowest BCUT2D eigenvalue weighted by Gasteiger charge is -2.36. The van der Waals surface area contributed by atoms with E-state index in [1.165, 1.54) is 11.6 Å². The summed E-state index contributed by atoms with van der Waals surface area (Å²) >= 11 is 0. The normalized spacial score (nSPS) is 15.5. The summed E-state index contributed by atoms with van der Waals surface area (Å²) in [6.07, 6.45) is 0.654. The van der Waals surface area contributed by atoms with Crippen molar-refractivity contribution >= 4 is 35.1 Å². The summed E-state index contributed by atoms with van der Waals surface area (Å²) < 4.78 is 12.1. The minimum Gasteiger partial charge on any atom is -0.444 e. The van der Waals surface area contributed by atoms with Crippen molar-refractivity contribution in [3.05, 3.63) is 28.7 Å². The maximum Gasteiger partial charge on any atom is 0.420 e. The van der Waals surface area contributed by atoms with Gasteiger partial charge in [-0.15, -0.1) is 0 Å². The van der Waals surface area contributed by atoms with Crippen molar-refractivity contribution in [2.24, 2.45) is 0 Å². The molecule has 10 heteroatoms. The number of hydrogen-bond acceptors (Lipinski definition) is 7. The van der Waals surface area contributed by atoms with Gasteiger partial charge in [0, 0.05) is 51.4 Å². The third-order valence-electron chi connectivity index (χ3n) is 5.33. The first-order valence-corrected chi connectivity index (χ1v) is 10.7. The number of aldehydes is 1. The molecule has 32 heavy (non-hydrogen) atoms. The third kappa shape index (κ3) is 5.30. The van der Waals surface area contributed by atoms with E-state index in [4.69, 9.17) is 9.15 Å². The van der Waals surface area contributed by atoms with Gasteiger partial charge in [-0.1, -0.05) is 0 Å². The molecule has 1 atom stereocenters. The highest BCUT2D eigenvalue weighted by Crippen LogP contribution is 2.25. The van der Waals surface area contributed by atoms with Crippen molar-refractivity contribution in [2.45, 2.75) is 45.3 Å². The van der Waals surface area contributed by atoms with Crippen molar-refractivity contribution in [1.82, 2.24) is 14.8 Å². The summed E-state index contributed by atoms with van der Waals surface area (Å²) in [7, 11) is 1.52. The van der Waals surface area contributed by atoms with E-state index in [0.717, 1.165) is 5.69 Å². The predicted molar refractivity (Wildman–Crippen MR) is 119 cm³/mol. The van der Waals surface area contributed by atoms with E-state index in [1.807, 2.05) is 26.8 Å². The minimum atomic E-state index is -0.788. The Morgan fingerprint density at radius 2 is 1.91 bits per heavy atom. The molecule has 1 aromatic heterocycles. The number of aromatic nitrogens is 1. The number of amides is 2. The zero-order chi connectivity index (χ0) is 23.5. The number of carbonyl (C=O) groups excluding carboxylic acids is 3. The van der Waals surface area contributed by atoms with Gasteiger partial charge in [-0.05, 0) is 39.3 Å². The van der Waals surface area contributed by atoms with E-state index in [0.29, 0.717) is 43.6 Å². The van der Waals surface area contributed by atoms with Gasteiger partial charge < -0.3 is 29.1 Å². The standard InChI is InChI=1S/C22H30N4O6/c1-22(2,3)32-20(29)25-11-9-24(10-12-25)15-5-7-17-18(13-15)31-21(30)26(17)16(14-27)6-8-19(28)23-4/h5,7,13-14,16H,6,8-12H2,1-4H3,(H,23,28). The van der Waals surface area contributed by atoms with E-state index in [9.17, 15) is 19.2 Å². The van der Waals surface area contributed by atoms with Crippen LogP contribution in [0.25, 0.3) is 11.1 Å². The maximum absolute atomic E-state index is 12.4. The number of benzene rings is 1. The van der Waals surface area contributed by atoms with Crippen molar-refractivity contribution in [3.63, 3.8) is 0 Å². The van der Waals surface area contributed by atoms with E-state index < -0.39 is 17.4 Å². The molecule has 0 aliphatic carbocycles. The van der Waals surface area contributed by atoms with Crippen LogP contribution in [0.2, 0.25) is 0 Å². The van der Waals surface area contributed by atoms with Crippen LogP contribution in [-0.4, -0.2) is 66.6 Å². The van der Waals surface area contributed by atoms with Gasteiger partial charge in [-0.2, -0.15) is 0 Å². The molecular formula is C22H30N4O6. The van der Waals surface area contributed by atoms with Crippen LogP contribution in [0, 0.1) is 0 Å². The zero-order valence-corrected chi connectivity index (χ0v) is 18.9. The number of anilines is 1. The molecule has 0 saturated carbocycles. The molecule has 1 N–H and O–H groups in total. The zero-order valence-electron chi connectivity index (χ0n) is 18.9. The highest BCUT2D eigenvalue weighted by Gasteiger charge is 2.26. The van der Waals surface area contributed by atoms with Gasteiger partial charge in [0.25, 0.3) is 0 Å². The molecule has 1 saturated heterocycles. The van der Waals surface area contributed by atoms with Gasteiger partial charge in [0.1, 0.15) is 11.9 Å². The summed E-state index contributed by atoms with van der Waals surface area (Å²) in [6, 6.07) is 4.57. The van der Waals surface area contributed by atoms with Gasteiger partial charge >= 0.3 is 11.8 Å². The fourth-order valence-electron chi connectivity index (χ4n) is 3.67. The van der Waals surface area contributed by atoms with Crippen LogP contribution in [0.15, 0.2) is 27.4 Å². The van der Waals surface area contributed by atoms with Crippen LogP contribution in [0.1, 0.15) is 39.7 Å². The molecule has 2 aromatic rings. The smallest absolute Gasteiger partial charge is 0.420 e. The molecule has 1 fully saturated rings. The Kier molecular flexibility index (Phi) is 6.90. The molecule has 1 aromatic carbocycles. The first kappa shape index (κ1) is 23.4. The lowest BCUT2D eigenvalue weighted by atomic mass is 10.1. The molecule has 1 unspecified atom stereocenters. The Morgan fingerprint density at radius 1 is 1.22 bits per heavy atom. The van der Waals surface area contributed by atoms with Crippen molar-refractivity contribution in [3.8, 4) is 0 Å². The Balaban J connectivity index is 1.73. The molecule has 3 rings (SSSR count). The van der Waals surface area contributed by atoms with E-state index >= 15 is 0 Å². The van der Waals surface area contributed by atoms with Crippen LogP contribution in [0.4, 0.5) is 10.5 Å². The number of rotatable bonds is 6. The third-order valence-corrected chi connectivity index (χ3v) is 5.33. The quantitative estimate of drug-likeness (QED) is 0.674. The van der Waals surface area contributed by atoms with Crippen molar-refractivity contribution in [2.75, 3.05) is 38.1 Å². The van der Waals surface area contributed by atoms with Gasteiger partial charge in [-0.3, -0.25) is 9.36 Å². The van der Waals surface area contributed by atoms with Gasteiger partial charge in [0.15, 0.2) is 5.58 Å². The summed E-state index contributed by atoms with van der Waals surface area (Å²) in [4.78, 5) is 51.6. The Morgan fingerprint density at radius 3 is 2.50 bits per heavy atom. The molecule has 0 bridgehead atoms. The Hall–Kier alpha value is -3.30. The molecule has 1 aliphatic rings. The summed E-state index contributed by atoms with van der Waals surface area (Å²) in [5.41, 5.74) is 1.19. The lowest BCUT2D eigenvalue weighted by molar-refractivity contribution is -0.121. The lowest BCUT2D eigenvalue weighted by Crippen LogP contribution is -2.50. The van der Waals surface area contributed by atoms with Crippen molar-refractivity contribution < 1.29 is 23.5 Å². The largest absolute Gasteiger partial charge is 0.444 e. The highest BCUT2D eigenvalue weighted by atomic mass is 16.6. The fraction of sp³-hybridized carbons (Fsp3) is 0.545. The second kappa shape index (κ2) is 9.46. The second-order valence-electron chi connectivity index (χ2n) is 8.76. The molecule has 0 spiro atoms. The number of piperazine rings is 1. The highest BCUT2D eigenvalue weighted by molar-refractivity contribution is 5.80. The first-order valence-electron chi connectivity index (χ1n) is 10.7. The molecule has 0 radical (unpaired) electrons. The summed E-state index contributed by atoms with van der Waals surface area (Å²) in [6.45, 7) is 7.77. The average molecular weight is 447 g/mol. The van der Waals surface area contributed by atoms with Gasteiger partial charge in [0.05, 0.1) is 11.6 Å². The Bertz CT molecular complexity index is 1040. The first-order chi connectivity index (χ1) is 15.1. The Labute approximate surface area is 186 Å². The van der Waals surface area contributed by atoms with Crippen molar-refractivity contribution in [1.29, 1.82) is 0 Å². The maximum atomic E-state index is 12.4. The molecule has 174 valence electrons. The number of carbonyl (C=O) groups is 3. The molecule has 1 aliphatic heterocycles. The molecule has 2 heterocycles. The minimum absolute atomic E-state index is 0.124. The number of nitrogens with one attached hydrogen (secondary N) is 1. The van der Waals surface area contributed by atoms with E-state index in [2.05, 4.69) is 10.2 Å². The van der Waals surface area contributed by atoms with Gasteiger partial charge in [-0.25, -0.2) is 9.59 Å². The topological polar surface area (TPSA) is 114 Å². The number of hydrogen-bond donors (Lipinski definition) is 1. The average Bonchev–Trinajstić information content (AvgIpc) is 3.08. The summed E-state index contributed by atoms with van der Waals surface area (Å²) in [5, 5.41) is 2.50. The number of ether oxygens (including phenoxy) is 1. The second-order valence-corrected chi connectivity index (χ2v) is 8.76. The van der Waals surface area contributed by atoms with Crippen LogP contribution in [-0.2, 0) is 14.3 Å². The SMILES string of the molecule is CNC(=O)CCC(C=O)n1c(=O)oc2cc(N3CCN(C(=O)OC(C)(C)C)CC3)ccc21. The number of fused-ring (bicyclic) bond motifs is 1. The predicted octanol–water partition coefficient (Wildman–Crippen LogP) is 1.92. The van der Waals surface area contributed by atoms with Crippen LogP contribution >= 0.6 is 0 Å². The molecular weight excluding hydrogens is 416 g/mol.